The number of likely N-dealkylation sites (N-methyl/N-ethyl adjacent to an activating group) is 1. The van der Waals surface area contributed by atoms with Gasteiger partial charge in [0.1, 0.15) is 5.82 Å². The lowest BCUT2D eigenvalue weighted by Gasteiger charge is -2.21. The van der Waals surface area contributed by atoms with Gasteiger partial charge >= 0.3 is 0 Å². The van der Waals surface area contributed by atoms with Crippen LogP contribution in [0.2, 0.25) is 5.02 Å². The fourth-order valence-electron chi connectivity index (χ4n) is 1.99. The molecule has 1 unspecified atom stereocenters. The van der Waals surface area contributed by atoms with Crippen LogP contribution in [0.25, 0.3) is 0 Å². The molecule has 0 radical (unpaired) electrons. The van der Waals surface area contributed by atoms with Crippen molar-refractivity contribution in [3.05, 3.63) is 53.1 Å². The molecular weight excluding hydrogens is 262 g/mol. The van der Waals surface area contributed by atoms with Crippen molar-refractivity contribution < 1.29 is 5.11 Å². The van der Waals surface area contributed by atoms with Gasteiger partial charge in [0.25, 0.3) is 0 Å². The largest absolute Gasteiger partial charge is 0.387 e. The Balaban J connectivity index is 1.97. The second-order valence-corrected chi connectivity index (χ2v) is 5.10. The van der Waals surface area contributed by atoms with Gasteiger partial charge in [-0.3, -0.25) is 4.90 Å². The maximum atomic E-state index is 10.2. The van der Waals surface area contributed by atoms with Gasteiger partial charge in [-0.25, -0.2) is 4.98 Å². The molecule has 1 N–H and O–H groups in total. The van der Waals surface area contributed by atoms with Crippen molar-refractivity contribution in [3.8, 4) is 0 Å². The van der Waals surface area contributed by atoms with Crippen molar-refractivity contribution in [1.82, 2.24) is 14.5 Å². The molecule has 1 heterocycles. The molecule has 0 fully saturated rings. The lowest BCUT2D eigenvalue weighted by atomic mass is 10.1. The summed E-state index contributed by atoms with van der Waals surface area (Å²) in [6.45, 7) is 1.20. The van der Waals surface area contributed by atoms with E-state index in [0.717, 1.165) is 11.4 Å². The summed E-state index contributed by atoms with van der Waals surface area (Å²) in [4.78, 5) is 6.29. The number of hydrogen-bond acceptors (Lipinski definition) is 3. The van der Waals surface area contributed by atoms with Crippen molar-refractivity contribution in [1.29, 1.82) is 0 Å². The first-order valence-corrected chi connectivity index (χ1v) is 6.53. The first kappa shape index (κ1) is 14.1. The number of nitrogens with zero attached hydrogens (tertiary/aromatic N) is 3. The second-order valence-electron chi connectivity index (χ2n) is 4.69. The predicted molar refractivity (Wildman–Crippen MR) is 76.0 cm³/mol. The Kier molecular flexibility index (Phi) is 4.58. The zero-order valence-corrected chi connectivity index (χ0v) is 11.9. The molecule has 0 aliphatic carbocycles. The van der Waals surface area contributed by atoms with Gasteiger partial charge in [-0.15, -0.1) is 0 Å². The fraction of sp³-hybridized carbons (Fsp3) is 0.357. The molecule has 102 valence electrons. The zero-order valence-electron chi connectivity index (χ0n) is 11.1. The molecule has 0 aliphatic heterocycles. The SMILES string of the molecule is CN(Cc1nccn1C)CC(O)c1ccccc1Cl. The average Bonchev–Trinajstić information content (AvgIpc) is 2.75. The van der Waals surface area contributed by atoms with Gasteiger partial charge in [0.15, 0.2) is 0 Å². The van der Waals surface area contributed by atoms with Crippen molar-refractivity contribution in [2.24, 2.45) is 7.05 Å². The van der Waals surface area contributed by atoms with Crippen LogP contribution in [-0.2, 0) is 13.6 Å². The van der Waals surface area contributed by atoms with E-state index >= 15 is 0 Å². The second kappa shape index (κ2) is 6.19. The minimum atomic E-state index is -0.598. The van der Waals surface area contributed by atoms with E-state index in [9.17, 15) is 5.11 Å². The van der Waals surface area contributed by atoms with Crippen LogP contribution in [0.5, 0.6) is 0 Å². The number of rotatable bonds is 5. The van der Waals surface area contributed by atoms with Crippen LogP contribution in [0.4, 0.5) is 0 Å². The van der Waals surface area contributed by atoms with Crippen LogP contribution in [0.15, 0.2) is 36.7 Å². The van der Waals surface area contributed by atoms with Crippen LogP contribution in [0.1, 0.15) is 17.5 Å². The minimum absolute atomic E-state index is 0.511. The normalized spacial score (nSPS) is 12.9. The zero-order chi connectivity index (χ0) is 13.8. The molecule has 2 aromatic rings. The number of aromatic nitrogens is 2. The third-order valence-electron chi connectivity index (χ3n) is 3.08. The molecule has 0 saturated heterocycles. The summed E-state index contributed by atoms with van der Waals surface area (Å²) in [6, 6.07) is 7.37. The summed E-state index contributed by atoms with van der Waals surface area (Å²) < 4.78 is 1.97. The molecule has 5 heteroatoms. The van der Waals surface area contributed by atoms with Gasteiger partial charge in [0, 0.05) is 36.6 Å². The van der Waals surface area contributed by atoms with Gasteiger partial charge in [0.05, 0.1) is 12.6 Å². The number of benzene rings is 1. The van der Waals surface area contributed by atoms with Crippen LogP contribution in [0, 0.1) is 0 Å². The first-order valence-electron chi connectivity index (χ1n) is 6.15. The smallest absolute Gasteiger partial charge is 0.122 e. The third-order valence-corrected chi connectivity index (χ3v) is 3.43. The molecule has 4 nitrogen and oxygen atoms in total. The van der Waals surface area contributed by atoms with Gasteiger partial charge in [0.2, 0.25) is 0 Å². The summed E-state index contributed by atoms with van der Waals surface area (Å²) in [5.41, 5.74) is 0.760. The lowest BCUT2D eigenvalue weighted by Crippen LogP contribution is -2.25. The highest BCUT2D eigenvalue weighted by Gasteiger charge is 2.14. The van der Waals surface area contributed by atoms with Crippen molar-refractivity contribution in [3.63, 3.8) is 0 Å². The highest BCUT2D eigenvalue weighted by molar-refractivity contribution is 6.31. The van der Waals surface area contributed by atoms with E-state index in [4.69, 9.17) is 11.6 Å². The van der Waals surface area contributed by atoms with Crippen molar-refractivity contribution in [2.45, 2.75) is 12.6 Å². The van der Waals surface area contributed by atoms with E-state index in [1.807, 2.05) is 48.0 Å². The number of aliphatic hydroxyl groups is 1. The van der Waals surface area contributed by atoms with Crippen LogP contribution in [-0.4, -0.2) is 33.1 Å². The molecule has 1 atom stereocenters. The van der Waals surface area contributed by atoms with E-state index in [0.29, 0.717) is 18.1 Å². The van der Waals surface area contributed by atoms with E-state index in [1.54, 1.807) is 12.3 Å². The van der Waals surface area contributed by atoms with Gasteiger partial charge in [-0.05, 0) is 13.1 Å². The third kappa shape index (κ3) is 3.56. The standard InChI is InChI=1S/C14H18ClN3O/c1-17(10-14-16-7-8-18(14)2)9-13(19)11-5-3-4-6-12(11)15/h3-8,13,19H,9-10H2,1-2H3. The molecule has 0 bridgehead atoms. The highest BCUT2D eigenvalue weighted by Crippen LogP contribution is 2.23. The Morgan fingerprint density at radius 1 is 1.42 bits per heavy atom. The lowest BCUT2D eigenvalue weighted by molar-refractivity contribution is 0.122. The summed E-state index contributed by atoms with van der Waals surface area (Å²) in [5.74, 6) is 0.967. The molecule has 0 saturated carbocycles. The Morgan fingerprint density at radius 2 is 2.16 bits per heavy atom. The molecule has 2 rings (SSSR count). The van der Waals surface area contributed by atoms with Crippen molar-refractivity contribution in [2.75, 3.05) is 13.6 Å². The van der Waals surface area contributed by atoms with Crippen LogP contribution in [0.3, 0.4) is 0 Å². The number of aryl methyl sites for hydroxylation is 1. The topological polar surface area (TPSA) is 41.3 Å². The number of imidazole rings is 1. The molecule has 1 aromatic carbocycles. The van der Waals surface area contributed by atoms with Gasteiger partial charge in [-0.1, -0.05) is 29.8 Å². The Hall–Kier alpha value is -1.36. The Morgan fingerprint density at radius 3 is 2.79 bits per heavy atom. The molecule has 0 aliphatic rings. The molecular formula is C14H18ClN3O. The summed E-state index contributed by atoms with van der Waals surface area (Å²) in [6.07, 6.45) is 3.08. The quantitative estimate of drug-likeness (QED) is 0.913. The van der Waals surface area contributed by atoms with Crippen LogP contribution < -0.4 is 0 Å². The van der Waals surface area contributed by atoms with Crippen LogP contribution >= 0.6 is 11.6 Å². The van der Waals surface area contributed by atoms with Gasteiger partial charge in [-0.2, -0.15) is 0 Å². The van der Waals surface area contributed by atoms with Gasteiger partial charge < -0.3 is 9.67 Å². The van der Waals surface area contributed by atoms with E-state index in [2.05, 4.69) is 4.98 Å². The monoisotopic (exact) mass is 279 g/mol. The minimum Gasteiger partial charge on any atom is -0.387 e. The molecule has 19 heavy (non-hydrogen) atoms. The summed E-state index contributed by atoms with van der Waals surface area (Å²) >= 11 is 6.08. The summed E-state index contributed by atoms with van der Waals surface area (Å²) in [5, 5.41) is 10.8. The molecule has 0 spiro atoms. The average molecular weight is 280 g/mol. The predicted octanol–water partition coefficient (Wildman–Crippen LogP) is 2.24. The van der Waals surface area contributed by atoms with E-state index in [1.165, 1.54) is 0 Å². The fourth-order valence-corrected chi connectivity index (χ4v) is 2.26. The molecule has 1 aromatic heterocycles. The maximum absolute atomic E-state index is 10.2. The summed E-state index contributed by atoms with van der Waals surface area (Å²) in [7, 11) is 3.91. The maximum Gasteiger partial charge on any atom is 0.122 e. The van der Waals surface area contributed by atoms with E-state index in [-0.39, 0.29) is 0 Å². The number of hydrogen-bond donors (Lipinski definition) is 1. The number of aliphatic hydroxyl groups excluding tert-OH is 1. The van der Waals surface area contributed by atoms with Crippen molar-refractivity contribution >= 4 is 11.6 Å². The Labute approximate surface area is 118 Å². The Bertz CT molecular complexity index is 541. The number of halogens is 1. The highest BCUT2D eigenvalue weighted by atomic mass is 35.5. The molecule has 0 amide bonds. The first-order chi connectivity index (χ1) is 9.08. The van der Waals surface area contributed by atoms with E-state index < -0.39 is 6.10 Å².